The summed E-state index contributed by atoms with van der Waals surface area (Å²) in [4.78, 5) is 11.8. The number of rotatable bonds is 3. The molecule has 0 heterocycles. The molecule has 4 heteroatoms. The zero-order chi connectivity index (χ0) is 13.2. The van der Waals surface area contributed by atoms with Gasteiger partial charge < -0.3 is 0 Å². The topological polar surface area (TPSA) is 41.5 Å². The number of halogens is 1. The third-order valence-electron chi connectivity index (χ3n) is 4.33. The van der Waals surface area contributed by atoms with Gasteiger partial charge in [-0.2, -0.15) is 5.10 Å². The lowest BCUT2D eigenvalue weighted by atomic mass is 9.90. The molecule has 3 rings (SSSR count). The van der Waals surface area contributed by atoms with Crippen LogP contribution in [0, 0.1) is 17.8 Å². The molecule has 2 aliphatic rings. The maximum atomic E-state index is 11.8. The first-order chi connectivity index (χ1) is 9.22. The predicted molar refractivity (Wildman–Crippen MR) is 76.3 cm³/mol. The second-order valence-electron chi connectivity index (χ2n) is 5.56. The molecule has 1 aromatic rings. The van der Waals surface area contributed by atoms with Crippen LogP contribution in [0.2, 0.25) is 5.02 Å². The monoisotopic (exact) mass is 276 g/mol. The zero-order valence-electron chi connectivity index (χ0n) is 10.7. The van der Waals surface area contributed by atoms with Crippen molar-refractivity contribution >= 4 is 23.7 Å². The van der Waals surface area contributed by atoms with Crippen molar-refractivity contribution in [2.24, 2.45) is 22.9 Å². The molecule has 2 bridgehead atoms. The van der Waals surface area contributed by atoms with Crippen molar-refractivity contribution in [1.82, 2.24) is 5.43 Å². The Morgan fingerprint density at radius 1 is 1.26 bits per heavy atom. The largest absolute Gasteiger partial charge is 0.271 e. The van der Waals surface area contributed by atoms with Crippen LogP contribution in [0.25, 0.3) is 0 Å². The summed E-state index contributed by atoms with van der Waals surface area (Å²) in [5, 5.41) is 4.74. The first kappa shape index (κ1) is 12.7. The van der Waals surface area contributed by atoms with E-state index in [2.05, 4.69) is 10.5 Å². The highest BCUT2D eigenvalue weighted by Gasteiger charge is 2.38. The fourth-order valence-electron chi connectivity index (χ4n) is 3.33. The van der Waals surface area contributed by atoms with Gasteiger partial charge in [0.05, 0.1) is 0 Å². The Kier molecular flexibility index (Phi) is 3.56. The molecule has 2 fully saturated rings. The summed E-state index contributed by atoms with van der Waals surface area (Å²) < 4.78 is 0. The maximum absolute atomic E-state index is 11.8. The molecule has 3 unspecified atom stereocenters. The minimum Gasteiger partial charge on any atom is -0.267 e. The lowest BCUT2D eigenvalue weighted by molar-refractivity contribution is 0.0955. The van der Waals surface area contributed by atoms with Crippen LogP contribution in [0.4, 0.5) is 0 Å². The summed E-state index contributed by atoms with van der Waals surface area (Å²) >= 11 is 5.78. The summed E-state index contributed by atoms with van der Waals surface area (Å²) in [7, 11) is 0. The van der Waals surface area contributed by atoms with E-state index in [1.807, 2.05) is 6.21 Å². The Morgan fingerprint density at radius 2 is 2.05 bits per heavy atom. The number of carbonyl (C=O) groups is 1. The average Bonchev–Trinajstić information content (AvgIpc) is 3.02. The first-order valence-electron chi connectivity index (χ1n) is 6.81. The molecule has 1 aromatic carbocycles. The average molecular weight is 277 g/mol. The second-order valence-corrected chi connectivity index (χ2v) is 6.00. The molecule has 1 amide bonds. The number of benzene rings is 1. The van der Waals surface area contributed by atoms with E-state index in [0.717, 1.165) is 11.8 Å². The number of amides is 1. The van der Waals surface area contributed by atoms with Gasteiger partial charge in [-0.1, -0.05) is 18.0 Å². The van der Waals surface area contributed by atoms with Crippen LogP contribution in [-0.2, 0) is 0 Å². The van der Waals surface area contributed by atoms with Crippen LogP contribution >= 0.6 is 11.6 Å². The second kappa shape index (κ2) is 5.33. The Labute approximate surface area is 118 Å². The van der Waals surface area contributed by atoms with Crippen molar-refractivity contribution in [1.29, 1.82) is 0 Å². The van der Waals surface area contributed by atoms with Crippen molar-refractivity contribution in [2.45, 2.75) is 25.7 Å². The summed E-state index contributed by atoms with van der Waals surface area (Å²) in [6.45, 7) is 0. The Morgan fingerprint density at radius 3 is 2.68 bits per heavy atom. The highest BCUT2D eigenvalue weighted by molar-refractivity contribution is 6.30. The normalized spacial score (nSPS) is 29.0. The maximum Gasteiger partial charge on any atom is 0.271 e. The number of hydrazone groups is 1. The molecule has 0 radical (unpaired) electrons. The molecule has 1 N–H and O–H groups in total. The van der Waals surface area contributed by atoms with Gasteiger partial charge in [0, 0.05) is 16.8 Å². The molecule has 2 saturated carbocycles. The smallest absolute Gasteiger partial charge is 0.267 e. The summed E-state index contributed by atoms with van der Waals surface area (Å²) in [6, 6.07) is 6.81. The van der Waals surface area contributed by atoms with Crippen LogP contribution < -0.4 is 5.43 Å². The predicted octanol–water partition coefficient (Wildman–Crippen LogP) is 3.49. The van der Waals surface area contributed by atoms with E-state index in [0.29, 0.717) is 16.5 Å². The molecule has 0 aromatic heterocycles. The van der Waals surface area contributed by atoms with Gasteiger partial charge in [-0.15, -0.1) is 0 Å². The fraction of sp³-hybridized carbons (Fsp3) is 0.467. The van der Waals surface area contributed by atoms with Gasteiger partial charge in [-0.25, -0.2) is 5.43 Å². The molecular formula is C15H17ClN2O. The number of hydrogen-bond donors (Lipinski definition) is 1. The molecule has 100 valence electrons. The van der Waals surface area contributed by atoms with Gasteiger partial charge in [0.2, 0.25) is 0 Å². The Balaban J connectivity index is 1.54. The van der Waals surface area contributed by atoms with Crippen LogP contribution in [0.5, 0.6) is 0 Å². The number of hydrogen-bond acceptors (Lipinski definition) is 2. The zero-order valence-corrected chi connectivity index (χ0v) is 11.4. The van der Waals surface area contributed by atoms with Gasteiger partial charge in [0.1, 0.15) is 0 Å². The molecule has 0 saturated heterocycles. The van der Waals surface area contributed by atoms with Crippen LogP contribution in [0.3, 0.4) is 0 Å². The molecule has 3 nitrogen and oxygen atoms in total. The number of nitrogens with one attached hydrogen (secondary N) is 1. The van der Waals surface area contributed by atoms with Crippen LogP contribution in [-0.4, -0.2) is 12.1 Å². The first-order valence-corrected chi connectivity index (χ1v) is 7.19. The summed E-state index contributed by atoms with van der Waals surface area (Å²) in [5.74, 6) is 2.06. The molecule has 2 aliphatic carbocycles. The van der Waals surface area contributed by atoms with E-state index in [1.54, 1.807) is 24.3 Å². The lowest BCUT2D eigenvalue weighted by Gasteiger charge is -2.16. The fourth-order valence-corrected chi connectivity index (χ4v) is 3.46. The van der Waals surface area contributed by atoms with Gasteiger partial charge in [0.25, 0.3) is 5.91 Å². The van der Waals surface area contributed by atoms with Gasteiger partial charge in [0.15, 0.2) is 0 Å². The van der Waals surface area contributed by atoms with Crippen molar-refractivity contribution in [3.8, 4) is 0 Å². The van der Waals surface area contributed by atoms with Crippen molar-refractivity contribution in [2.75, 3.05) is 0 Å². The van der Waals surface area contributed by atoms with Gasteiger partial charge >= 0.3 is 0 Å². The van der Waals surface area contributed by atoms with E-state index in [1.165, 1.54) is 25.7 Å². The number of fused-ring (bicyclic) bond motifs is 2. The van der Waals surface area contributed by atoms with Crippen LogP contribution in [0.1, 0.15) is 36.0 Å². The number of carbonyl (C=O) groups excluding carboxylic acids is 1. The van der Waals surface area contributed by atoms with E-state index < -0.39 is 0 Å². The molecule has 0 spiro atoms. The lowest BCUT2D eigenvalue weighted by Crippen LogP contribution is -2.20. The molecule has 19 heavy (non-hydrogen) atoms. The van der Waals surface area contributed by atoms with E-state index in [-0.39, 0.29) is 5.91 Å². The molecule has 0 aliphatic heterocycles. The Bertz CT molecular complexity index is 497. The Hall–Kier alpha value is -1.35. The SMILES string of the molecule is O=C(NN=CC1CC2CCC1C2)c1ccc(Cl)cc1. The van der Waals surface area contributed by atoms with Crippen molar-refractivity contribution < 1.29 is 4.79 Å². The third kappa shape index (κ3) is 2.81. The standard InChI is InChI=1S/C15H17ClN2O/c16-14-5-3-11(4-6-14)15(19)18-17-9-13-8-10-1-2-12(13)7-10/h3-6,9-10,12-13H,1-2,7-8H2,(H,18,19). The minimum atomic E-state index is -0.184. The van der Waals surface area contributed by atoms with E-state index in [4.69, 9.17) is 11.6 Å². The third-order valence-corrected chi connectivity index (χ3v) is 4.58. The quantitative estimate of drug-likeness (QED) is 0.666. The number of nitrogens with zero attached hydrogens (tertiary/aromatic N) is 1. The van der Waals surface area contributed by atoms with Crippen molar-refractivity contribution in [3.05, 3.63) is 34.9 Å². The highest BCUT2D eigenvalue weighted by atomic mass is 35.5. The van der Waals surface area contributed by atoms with E-state index >= 15 is 0 Å². The van der Waals surface area contributed by atoms with E-state index in [9.17, 15) is 4.79 Å². The molecule has 3 atom stereocenters. The minimum absolute atomic E-state index is 0.184. The molecular weight excluding hydrogens is 260 g/mol. The highest BCUT2D eigenvalue weighted by Crippen LogP contribution is 2.47. The summed E-state index contributed by atoms with van der Waals surface area (Å²) in [6.07, 6.45) is 7.23. The van der Waals surface area contributed by atoms with Gasteiger partial charge in [-0.3, -0.25) is 4.79 Å². The summed E-state index contributed by atoms with van der Waals surface area (Å²) in [5.41, 5.74) is 3.17. The van der Waals surface area contributed by atoms with Gasteiger partial charge in [-0.05, 0) is 61.3 Å². The van der Waals surface area contributed by atoms with Crippen molar-refractivity contribution in [3.63, 3.8) is 0 Å². The van der Waals surface area contributed by atoms with Crippen LogP contribution in [0.15, 0.2) is 29.4 Å².